The van der Waals surface area contributed by atoms with Gasteiger partial charge in [0.15, 0.2) is 0 Å². The number of nitrogens with two attached hydrogens (primary N) is 1. The summed E-state index contributed by atoms with van der Waals surface area (Å²) in [5.41, 5.74) is 10.1. The highest BCUT2D eigenvalue weighted by molar-refractivity contribution is 5.29. The van der Waals surface area contributed by atoms with E-state index in [9.17, 15) is 0 Å². The van der Waals surface area contributed by atoms with Crippen molar-refractivity contribution in [1.29, 1.82) is 0 Å². The van der Waals surface area contributed by atoms with Gasteiger partial charge in [-0.2, -0.15) is 0 Å². The molecule has 1 unspecified atom stereocenters. The monoisotopic (exact) mass is 249 g/mol. The van der Waals surface area contributed by atoms with Gasteiger partial charge in [-0.05, 0) is 38.7 Å². The van der Waals surface area contributed by atoms with Crippen LogP contribution in [0.3, 0.4) is 0 Å². The summed E-state index contributed by atoms with van der Waals surface area (Å²) in [6.07, 6.45) is 4.22. The third-order valence-corrected chi connectivity index (χ3v) is 3.05. The molecule has 102 valence electrons. The molecular weight excluding hydrogens is 222 g/mol. The highest BCUT2D eigenvalue weighted by atomic mass is 16.5. The van der Waals surface area contributed by atoms with Crippen LogP contribution in [0.25, 0.3) is 0 Å². The van der Waals surface area contributed by atoms with Gasteiger partial charge >= 0.3 is 0 Å². The van der Waals surface area contributed by atoms with E-state index in [1.807, 2.05) is 0 Å². The van der Waals surface area contributed by atoms with Gasteiger partial charge in [0.25, 0.3) is 0 Å². The number of ether oxygens (including phenoxy) is 1. The fourth-order valence-electron chi connectivity index (χ4n) is 2.17. The fourth-order valence-corrected chi connectivity index (χ4v) is 2.17. The molecule has 0 amide bonds. The average Bonchev–Trinajstić information content (AvgIpc) is 2.27. The maximum Gasteiger partial charge on any atom is 0.0480 e. The summed E-state index contributed by atoms with van der Waals surface area (Å²) in [6, 6.07) is 6.85. The smallest absolute Gasteiger partial charge is 0.0480 e. The predicted octanol–water partition coefficient (Wildman–Crippen LogP) is 3.38. The van der Waals surface area contributed by atoms with E-state index in [-0.39, 0.29) is 6.04 Å². The zero-order chi connectivity index (χ0) is 13.4. The summed E-state index contributed by atoms with van der Waals surface area (Å²) in [4.78, 5) is 0. The van der Waals surface area contributed by atoms with E-state index in [0.717, 1.165) is 32.5 Å². The Bertz CT molecular complexity index is 329. The molecule has 2 heteroatoms. The minimum Gasteiger partial charge on any atom is -0.381 e. The van der Waals surface area contributed by atoms with Crippen LogP contribution in [0.5, 0.6) is 0 Å². The Balaban J connectivity index is 2.28. The Morgan fingerprint density at radius 3 is 2.39 bits per heavy atom. The molecule has 1 aromatic carbocycles. The molecule has 1 aromatic rings. The Labute approximate surface area is 112 Å². The second-order valence-electron chi connectivity index (χ2n) is 5.21. The van der Waals surface area contributed by atoms with Crippen LogP contribution in [-0.2, 0) is 11.2 Å². The number of rotatable bonds is 8. The molecule has 0 fully saturated rings. The summed E-state index contributed by atoms with van der Waals surface area (Å²) < 4.78 is 5.55. The molecule has 1 rings (SSSR count). The maximum atomic E-state index is 6.14. The normalized spacial score (nSPS) is 12.7. The number of hydrogen-bond acceptors (Lipinski definition) is 2. The Hall–Kier alpha value is -0.860. The number of hydrogen-bond donors (Lipinski definition) is 1. The molecule has 1 atom stereocenters. The van der Waals surface area contributed by atoms with Crippen molar-refractivity contribution in [3.05, 3.63) is 34.9 Å². The minimum atomic E-state index is 0.202. The van der Waals surface area contributed by atoms with Crippen molar-refractivity contribution in [2.45, 2.75) is 52.5 Å². The number of benzene rings is 1. The molecule has 0 aliphatic carbocycles. The van der Waals surface area contributed by atoms with Crippen LogP contribution in [-0.4, -0.2) is 19.3 Å². The molecule has 0 saturated heterocycles. The lowest BCUT2D eigenvalue weighted by molar-refractivity contribution is 0.124. The molecule has 2 N–H and O–H groups in total. The van der Waals surface area contributed by atoms with E-state index in [4.69, 9.17) is 10.5 Å². The average molecular weight is 249 g/mol. The van der Waals surface area contributed by atoms with Crippen LogP contribution >= 0.6 is 0 Å². The third kappa shape index (κ3) is 6.18. The SMILES string of the molecule is CCCCOCCC(N)Cc1cc(C)cc(C)c1. The lowest BCUT2D eigenvalue weighted by atomic mass is 10.0. The zero-order valence-electron chi connectivity index (χ0n) is 12.0. The molecule has 0 spiro atoms. The maximum absolute atomic E-state index is 6.14. The molecule has 2 nitrogen and oxygen atoms in total. The molecule has 0 aliphatic heterocycles. The minimum absolute atomic E-state index is 0.202. The van der Waals surface area contributed by atoms with E-state index in [2.05, 4.69) is 39.0 Å². The number of aryl methyl sites for hydroxylation is 2. The van der Waals surface area contributed by atoms with Crippen LogP contribution < -0.4 is 5.73 Å². The topological polar surface area (TPSA) is 35.2 Å². The van der Waals surface area contributed by atoms with E-state index in [1.54, 1.807) is 0 Å². The van der Waals surface area contributed by atoms with Crippen LogP contribution in [0.2, 0.25) is 0 Å². The van der Waals surface area contributed by atoms with Crippen molar-refractivity contribution >= 4 is 0 Å². The molecule has 0 aliphatic rings. The van der Waals surface area contributed by atoms with Gasteiger partial charge in [-0.15, -0.1) is 0 Å². The lowest BCUT2D eigenvalue weighted by Crippen LogP contribution is -2.24. The van der Waals surface area contributed by atoms with Crippen LogP contribution in [0.15, 0.2) is 18.2 Å². The van der Waals surface area contributed by atoms with E-state index >= 15 is 0 Å². The Kier molecular flexibility index (Phi) is 6.99. The lowest BCUT2D eigenvalue weighted by Gasteiger charge is -2.13. The van der Waals surface area contributed by atoms with Gasteiger partial charge in [0.2, 0.25) is 0 Å². The zero-order valence-corrected chi connectivity index (χ0v) is 12.0. The van der Waals surface area contributed by atoms with Gasteiger partial charge in [-0.25, -0.2) is 0 Å². The Morgan fingerprint density at radius 2 is 1.78 bits per heavy atom. The molecule has 0 aromatic heterocycles. The van der Waals surface area contributed by atoms with Gasteiger partial charge < -0.3 is 10.5 Å². The van der Waals surface area contributed by atoms with Crippen LogP contribution in [0.1, 0.15) is 42.9 Å². The van der Waals surface area contributed by atoms with Crippen molar-refractivity contribution in [2.75, 3.05) is 13.2 Å². The first-order valence-electron chi connectivity index (χ1n) is 7.02. The first kappa shape index (κ1) is 15.2. The van der Waals surface area contributed by atoms with Gasteiger partial charge in [0.1, 0.15) is 0 Å². The van der Waals surface area contributed by atoms with Crippen molar-refractivity contribution in [2.24, 2.45) is 5.73 Å². The molecule has 0 bridgehead atoms. The van der Waals surface area contributed by atoms with E-state index in [1.165, 1.54) is 23.1 Å². The second-order valence-corrected chi connectivity index (χ2v) is 5.21. The quantitative estimate of drug-likeness (QED) is 0.717. The third-order valence-electron chi connectivity index (χ3n) is 3.05. The highest BCUT2D eigenvalue weighted by Gasteiger charge is 2.05. The largest absolute Gasteiger partial charge is 0.381 e. The van der Waals surface area contributed by atoms with Crippen molar-refractivity contribution in [1.82, 2.24) is 0 Å². The predicted molar refractivity (Wildman–Crippen MR) is 77.9 cm³/mol. The van der Waals surface area contributed by atoms with E-state index < -0.39 is 0 Å². The molecular formula is C16H27NO. The number of unbranched alkanes of at least 4 members (excludes halogenated alkanes) is 1. The summed E-state index contributed by atoms with van der Waals surface area (Å²) in [7, 11) is 0. The van der Waals surface area contributed by atoms with Crippen LogP contribution in [0, 0.1) is 13.8 Å². The molecule has 0 radical (unpaired) electrons. The first-order valence-corrected chi connectivity index (χ1v) is 7.02. The molecule has 0 heterocycles. The van der Waals surface area contributed by atoms with Gasteiger partial charge in [-0.1, -0.05) is 42.7 Å². The fraction of sp³-hybridized carbons (Fsp3) is 0.625. The van der Waals surface area contributed by atoms with E-state index in [0.29, 0.717) is 0 Å². The highest BCUT2D eigenvalue weighted by Crippen LogP contribution is 2.11. The second kappa shape index (κ2) is 8.28. The summed E-state index contributed by atoms with van der Waals surface area (Å²) in [5.74, 6) is 0. The standard InChI is InChI=1S/C16H27NO/c1-4-5-7-18-8-6-16(17)12-15-10-13(2)9-14(3)11-15/h9-11,16H,4-8,12,17H2,1-3H3. The van der Waals surface area contributed by atoms with Crippen molar-refractivity contribution in [3.8, 4) is 0 Å². The molecule has 18 heavy (non-hydrogen) atoms. The summed E-state index contributed by atoms with van der Waals surface area (Å²) in [6.45, 7) is 8.10. The summed E-state index contributed by atoms with van der Waals surface area (Å²) in [5, 5.41) is 0. The van der Waals surface area contributed by atoms with Gasteiger partial charge in [0.05, 0.1) is 0 Å². The Morgan fingerprint density at radius 1 is 1.11 bits per heavy atom. The van der Waals surface area contributed by atoms with Crippen LogP contribution in [0.4, 0.5) is 0 Å². The first-order chi connectivity index (χ1) is 8.61. The van der Waals surface area contributed by atoms with Crippen molar-refractivity contribution < 1.29 is 4.74 Å². The van der Waals surface area contributed by atoms with Gasteiger partial charge in [-0.3, -0.25) is 0 Å². The van der Waals surface area contributed by atoms with Gasteiger partial charge in [0, 0.05) is 19.3 Å². The summed E-state index contributed by atoms with van der Waals surface area (Å²) >= 11 is 0. The molecule has 0 saturated carbocycles. The van der Waals surface area contributed by atoms with Crippen molar-refractivity contribution in [3.63, 3.8) is 0 Å².